The molecule has 114 valence electrons. The molecule has 1 aromatic carbocycles. The number of aromatic nitrogens is 1. The fraction of sp³-hybridized carbons (Fsp3) is 0.500. The van der Waals surface area contributed by atoms with E-state index in [0.29, 0.717) is 0 Å². The van der Waals surface area contributed by atoms with E-state index in [-0.39, 0.29) is 23.3 Å². The third kappa shape index (κ3) is 3.60. The Kier molecular flexibility index (Phi) is 4.35. The maximum absolute atomic E-state index is 12.1. The second-order valence-corrected chi connectivity index (χ2v) is 7.62. The average Bonchev–Trinajstić information content (AvgIpc) is 2.80. The van der Waals surface area contributed by atoms with Crippen LogP contribution in [-0.2, 0) is 10.2 Å². The predicted octanol–water partition coefficient (Wildman–Crippen LogP) is 3.52. The van der Waals surface area contributed by atoms with Crippen LogP contribution in [0.5, 0.6) is 0 Å². The summed E-state index contributed by atoms with van der Waals surface area (Å²) in [5.41, 5.74) is 7.57. The van der Waals surface area contributed by atoms with Gasteiger partial charge in [0.2, 0.25) is 5.91 Å². The molecular formula is C16H23N3OS. The van der Waals surface area contributed by atoms with E-state index < -0.39 is 0 Å². The van der Waals surface area contributed by atoms with Gasteiger partial charge in [-0.25, -0.2) is 4.98 Å². The number of benzene rings is 1. The SMILES string of the molecule is CC(N)C(C)C(=O)Nc1ccc2nc(C(C)(C)C)sc2c1. The Morgan fingerprint density at radius 1 is 1.33 bits per heavy atom. The molecule has 0 aliphatic heterocycles. The minimum atomic E-state index is -0.215. The van der Waals surface area contributed by atoms with E-state index in [1.54, 1.807) is 11.3 Å². The van der Waals surface area contributed by atoms with Crippen molar-refractivity contribution < 1.29 is 4.79 Å². The Labute approximate surface area is 129 Å². The molecule has 0 aliphatic carbocycles. The van der Waals surface area contributed by atoms with Crippen LogP contribution in [0.3, 0.4) is 0 Å². The molecule has 0 aliphatic rings. The molecule has 0 saturated carbocycles. The first-order valence-corrected chi connectivity index (χ1v) is 7.97. The molecular weight excluding hydrogens is 282 g/mol. The van der Waals surface area contributed by atoms with Crippen molar-refractivity contribution in [1.82, 2.24) is 4.98 Å². The molecule has 3 N–H and O–H groups in total. The standard InChI is InChI=1S/C16H23N3OS/c1-9(10(2)17)14(20)18-11-6-7-12-13(8-11)21-15(19-12)16(3,4)5/h6-10H,17H2,1-5H3,(H,18,20). The maximum atomic E-state index is 12.1. The molecule has 1 aromatic heterocycles. The molecule has 5 heteroatoms. The van der Waals surface area contributed by atoms with Crippen LogP contribution in [0, 0.1) is 5.92 Å². The number of hydrogen-bond donors (Lipinski definition) is 2. The van der Waals surface area contributed by atoms with Crippen molar-refractivity contribution in [3.05, 3.63) is 23.2 Å². The third-order valence-electron chi connectivity index (χ3n) is 3.50. The lowest BCUT2D eigenvalue weighted by Gasteiger charge is -2.15. The highest BCUT2D eigenvalue weighted by atomic mass is 32.1. The normalized spacial score (nSPS) is 15.0. The molecule has 0 fully saturated rings. The van der Waals surface area contributed by atoms with Crippen molar-refractivity contribution in [1.29, 1.82) is 0 Å². The first-order valence-electron chi connectivity index (χ1n) is 7.16. The van der Waals surface area contributed by atoms with Crippen LogP contribution in [0.2, 0.25) is 0 Å². The highest BCUT2D eigenvalue weighted by molar-refractivity contribution is 7.18. The van der Waals surface area contributed by atoms with Gasteiger partial charge in [-0.15, -0.1) is 11.3 Å². The van der Waals surface area contributed by atoms with E-state index in [2.05, 4.69) is 31.1 Å². The lowest BCUT2D eigenvalue weighted by atomic mass is 9.98. The van der Waals surface area contributed by atoms with E-state index in [9.17, 15) is 4.79 Å². The summed E-state index contributed by atoms with van der Waals surface area (Å²) in [5, 5.41) is 4.02. The second-order valence-electron chi connectivity index (χ2n) is 6.59. The van der Waals surface area contributed by atoms with E-state index in [0.717, 1.165) is 20.9 Å². The number of carbonyl (C=O) groups excluding carboxylic acids is 1. The summed E-state index contributed by atoms with van der Waals surface area (Å²) in [7, 11) is 0. The van der Waals surface area contributed by atoms with Gasteiger partial charge < -0.3 is 11.1 Å². The van der Waals surface area contributed by atoms with Gasteiger partial charge in [0, 0.05) is 17.1 Å². The van der Waals surface area contributed by atoms with Gasteiger partial charge >= 0.3 is 0 Å². The smallest absolute Gasteiger partial charge is 0.228 e. The lowest BCUT2D eigenvalue weighted by molar-refractivity contribution is -0.119. The van der Waals surface area contributed by atoms with Crippen molar-refractivity contribution in [2.75, 3.05) is 5.32 Å². The zero-order valence-corrected chi connectivity index (χ0v) is 14.0. The molecule has 2 unspecified atom stereocenters. The van der Waals surface area contributed by atoms with Gasteiger partial charge in [-0.3, -0.25) is 4.79 Å². The van der Waals surface area contributed by atoms with E-state index in [4.69, 9.17) is 5.73 Å². The van der Waals surface area contributed by atoms with Crippen LogP contribution in [0.25, 0.3) is 10.2 Å². The molecule has 0 radical (unpaired) electrons. The Bertz CT molecular complexity index is 655. The summed E-state index contributed by atoms with van der Waals surface area (Å²) in [5.74, 6) is -0.266. The van der Waals surface area contributed by atoms with E-state index in [1.165, 1.54) is 0 Å². The maximum Gasteiger partial charge on any atom is 0.228 e. The van der Waals surface area contributed by atoms with Gasteiger partial charge in [0.15, 0.2) is 0 Å². The highest BCUT2D eigenvalue weighted by Gasteiger charge is 2.20. The summed E-state index contributed by atoms with van der Waals surface area (Å²) >= 11 is 1.67. The third-order valence-corrected chi connectivity index (χ3v) is 4.94. The highest BCUT2D eigenvalue weighted by Crippen LogP contribution is 2.32. The molecule has 0 saturated heterocycles. The molecule has 2 aromatic rings. The Hall–Kier alpha value is -1.46. The number of rotatable bonds is 3. The fourth-order valence-electron chi connectivity index (χ4n) is 1.82. The van der Waals surface area contributed by atoms with Crippen molar-refractivity contribution >= 4 is 33.1 Å². The number of thiazole rings is 1. The van der Waals surface area contributed by atoms with Crippen LogP contribution in [-0.4, -0.2) is 16.9 Å². The van der Waals surface area contributed by atoms with Crippen molar-refractivity contribution in [2.45, 2.75) is 46.1 Å². The predicted molar refractivity (Wildman–Crippen MR) is 89.8 cm³/mol. The van der Waals surface area contributed by atoms with E-state index in [1.807, 2.05) is 32.0 Å². The first-order chi connectivity index (χ1) is 9.68. The molecule has 0 bridgehead atoms. The summed E-state index contributed by atoms with van der Waals surface area (Å²) in [6.07, 6.45) is 0. The second kappa shape index (κ2) is 5.73. The van der Waals surface area contributed by atoms with Crippen LogP contribution < -0.4 is 11.1 Å². The van der Waals surface area contributed by atoms with Crippen molar-refractivity contribution in [2.24, 2.45) is 11.7 Å². The molecule has 0 spiro atoms. The number of nitrogens with one attached hydrogen (secondary N) is 1. The molecule has 1 amide bonds. The Balaban J connectivity index is 2.25. The van der Waals surface area contributed by atoms with Gasteiger partial charge in [0.1, 0.15) is 0 Å². The van der Waals surface area contributed by atoms with E-state index >= 15 is 0 Å². The summed E-state index contributed by atoms with van der Waals surface area (Å²) in [4.78, 5) is 16.7. The fourth-order valence-corrected chi connectivity index (χ4v) is 2.88. The molecule has 2 rings (SSSR count). The van der Waals surface area contributed by atoms with Crippen LogP contribution >= 0.6 is 11.3 Å². The monoisotopic (exact) mass is 305 g/mol. The van der Waals surface area contributed by atoms with Gasteiger partial charge in [-0.2, -0.15) is 0 Å². The molecule has 1 heterocycles. The summed E-state index contributed by atoms with van der Waals surface area (Å²) in [6, 6.07) is 5.66. The number of fused-ring (bicyclic) bond motifs is 1. The first kappa shape index (κ1) is 15.9. The quantitative estimate of drug-likeness (QED) is 0.911. The minimum Gasteiger partial charge on any atom is -0.327 e. The topological polar surface area (TPSA) is 68.0 Å². The van der Waals surface area contributed by atoms with Crippen LogP contribution in [0.15, 0.2) is 18.2 Å². The van der Waals surface area contributed by atoms with Gasteiger partial charge in [0.05, 0.1) is 21.1 Å². The number of nitrogens with two attached hydrogens (primary N) is 1. The number of hydrogen-bond acceptors (Lipinski definition) is 4. The average molecular weight is 305 g/mol. The van der Waals surface area contributed by atoms with Crippen molar-refractivity contribution in [3.8, 4) is 0 Å². The Morgan fingerprint density at radius 3 is 2.57 bits per heavy atom. The largest absolute Gasteiger partial charge is 0.327 e. The zero-order chi connectivity index (χ0) is 15.8. The van der Waals surface area contributed by atoms with Gasteiger partial charge in [-0.05, 0) is 25.1 Å². The number of anilines is 1. The number of carbonyl (C=O) groups is 1. The zero-order valence-electron chi connectivity index (χ0n) is 13.2. The Morgan fingerprint density at radius 2 is 2.00 bits per heavy atom. The van der Waals surface area contributed by atoms with Crippen LogP contribution in [0.1, 0.15) is 39.6 Å². The van der Waals surface area contributed by atoms with Gasteiger partial charge in [0.25, 0.3) is 0 Å². The minimum absolute atomic E-state index is 0.0383. The van der Waals surface area contributed by atoms with Crippen molar-refractivity contribution in [3.63, 3.8) is 0 Å². The number of nitrogens with zero attached hydrogens (tertiary/aromatic N) is 1. The molecule has 2 atom stereocenters. The number of amides is 1. The van der Waals surface area contributed by atoms with Gasteiger partial charge in [-0.1, -0.05) is 27.7 Å². The molecule has 21 heavy (non-hydrogen) atoms. The molecule has 4 nitrogen and oxygen atoms in total. The lowest BCUT2D eigenvalue weighted by Crippen LogP contribution is -2.34. The summed E-state index contributed by atoms with van der Waals surface area (Å²) in [6.45, 7) is 10.1. The summed E-state index contributed by atoms with van der Waals surface area (Å²) < 4.78 is 1.09. The van der Waals surface area contributed by atoms with Crippen LogP contribution in [0.4, 0.5) is 5.69 Å².